The molecule has 1 aromatic heterocycles. The Hall–Kier alpha value is -2.66. The second-order valence-electron chi connectivity index (χ2n) is 5.73. The quantitative estimate of drug-likeness (QED) is 0.561. The van der Waals surface area contributed by atoms with Gasteiger partial charge in [-0.2, -0.15) is 0 Å². The number of hydrogen-bond acceptors (Lipinski definition) is 4. The van der Waals surface area contributed by atoms with E-state index in [1.165, 1.54) is 11.1 Å². The van der Waals surface area contributed by atoms with Gasteiger partial charge in [0.05, 0.1) is 12.3 Å². The molecular weight excluding hydrogens is 392 g/mol. The van der Waals surface area contributed by atoms with Gasteiger partial charge in [-0.25, -0.2) is 0 Å². The van der Waals surface area contributed by atoms with Gasteiger partial charge in [0.15, 0.2) is 11.5 Å². The highest BCUT2D eigenvalue weighted by atomic mass is 79.9. The predicted octanol–water partition coefficient (Wildman–Crippen LogP) is 5.29. The largest absolute Gasteiger partial charge is 0.504 e. The van der Waals surface area contributed by atoms with Crippen molar-refractivity contribution in [3.63, 3.8) is 0 Å². The Balaban J connectivity index is 1.75. The average molecular weight is 411 g/mol. The van der Waals surface area contributed by atoms with Crippen molar-refractivity contribution in [2.24, 2.45) is 4.99 Å². The molecule has 0 saturated carbocycles. The first-order valence-electron chi connectivity index (χ1n) is 8.33. The Morgan fingerprint density at radius 1 is 1.08 bits per heavy atom. The van der Waals surface area contributed by atoms with E-state index in [1.807, 2.05) is 31.2 Å². The Morgan fingerprint density at radius 3 is 2.46 bits per heavy atom. The fraction of sp³-hybridized carbons (Fsp3) is 0.143. The van der Waals surface area contributed by atoms with E-state index < -0.39 is 0 Å². The zero-order valence-electron chi connectivity index (χ0n) is 14.4. The van der Waals surface area contributed by atoms with Gasteiger partial charge in [0.2, 0.25) is 0 Å². The number of nitrogens with zero attached hydrogens (tertiary/aromatic N) is 2. The van der Waals surface area contributed by atoms with Crippen LogP contribution in [0.2, 0.25) is 0 Å². The minimum absolute atomic E-state index is 0.0908. The topological polar surface area (TPSA) is 54.7 Å². The molecule has 3 aromatic rings. The van der Waals surface area contributed by atoms with Crippen LogP contribution in [0, 0.1) is 0 Å². The monoisotopic (exact) mass is 410 g/mol. The van der Waals surface area contributed by atoms with E-state index in [2.05, 4.69) is 38.0 Å². The molecule has 0 aliphatic heterocycles. The van der Waals surface area contributed by atoms with E-state index in [0.29, 0.717) is 17.9 Å². The van der Waals surface area contributed by atoms with E-state index in [1.54, 1.807) is 30.7 Å². The average Bonchev–Trinajstić information content (AvgIpc) is 2.65. The molecule has 0 bridgehead atoms. The molecule has 0 fully saturated rings. The molecule has 0 atom stereocenters. The zero-order chi connectivity index (χ0) is 18.4. The Morgan fingerprint density at radius 2 is 1.77 bits per heavy atom. The first kappa shape index (κ1) is 18.1. The number of rotatable bonds is 6. The molecule has 0 amide bonds. The molecule has 0 aliphatic carbocycles. The molecule has 3 rings (SSSR count). The van der Waals surface area contributed by atoms with Gasteiger partial charge >= 0.3 is 0 Å². The second kappa shape index (κ2) is 8.63. The normalized spacial score (nSPS) is 11.0. The van der Waals surface area contributed by atoms with Crippen LogP contribution in [0.15, 0.2) is 70.4 Å². The Bertz CT molecular complexity index is 894. The molecule has 0 saturated heterocycles. The van der Waals surface area contributed by atoms with Gasteiger partial charge in [-0.05, 0) is 60.9 Å². The minimum Gasteiger partial charge on any atom is -0.504 e. The van der Waals surface area contributed by atoms with Crippen molar-refractivity contribution in [2.75, 3.05) is 6.61 Å². The first-order valence-corrected chi connectivity index (χ1v) is 9.12. The summed E-state index contributed by atoms with van der Waals surface area (Å²) in [7, 11) is 0. The van der Waals surface area contributed by atoms with Crippen molar-refractivity contribution < 1.29 is 9.84 Å². The molecule has 132 valence electrons. The first-order chi connectivity index (χ1) is 12.7. The molecule has 1 N–H and O–H groups in total. The maximum atomic E-state index is 10.3. The van der Waals surface area contributed by atoms with Crippen molar-refractivity contribution in [1.29, 1.82) is 0 Å². The molecule has 0 aliphatic rings. The van der Waals surface area contributed by atoms with Crippen LogP contribution in [0.5, 0.6) is 11.5 Å². The van der Waals surface area contributed by atoms with E-state index in [4.69, 9.17) is 4.74 Å². The SMILES string of the molecule is CCOc1cc(Br)cc(C=Nc2ccc(Cc3ccncc3)cc2)c1O. The van der Waals surface area contributed by atoms with E-state index in [9.17, 15) is 5.11 Å². The molecule has 5 heteroatoms. The van der Waals surface area contributed by atoms with E-state index in [-0.39, 0.29) is 5.75 Å². The van der Waals surface area contributed by atoms with Crippen molar-refractivity contribution in [3.05, 3.63) is 82.1 Å². The summed E-state index contributed by atoms with van der Waals surface area (Å²) >= 11 is 3.43. The fourth-order valence-electron chi connectivity index (χ4n) is 2.54. The van der Waals surface area contributed by atoms with Crippen LogP contribution in [0.25, 0.3) is 0 Å². The lowest BCUT2D eigenvalue weighted by Crippen LogP contribution is -1.94. The lowest BCUT2D eigenvalue weighted by atomic mass is 10.1. The van der Waals surface area contributed by atoms with Crippen molar-refractivity contribution in [1.82, 2.24) is 4.98 Å². The summed E-state index contributed by atoms with van der Waals surface area (Å²) in [6.07, 6.45) is 6.10. The third kappa shape index (κ3) is 4.70. The molecule has 4 nitrogen and oxygen atoms in total. The number of aliphatic imine (C=N–C) groups is 1. The molecule has 2 aromatic carbocycles. The number of benzene rings is 2. The molecule has 0 spiro atoms. The lowest BCUT2D eigenvalue weighted by Gasteiger charge is -2.08. The number of hydrogen-bond donors (Lipinski definition) is 1. The number of aromatic hydroxyl groups is 1. The predicted molar refractivity (Wildman–Crippen MR) is 108 cm³/mol. The minimum atomic E-state index is 0.0908. The summed E-state index contributed by atoms with van der Waals surface area (Å²) in [5, 5.41) is 10.3. The third-order valence-corrected chi connectivity index (χ3v) is 4.27. The molecule has 0 radical (unpaired) electrons. The maximum Gasteiger partial charge on any atom is 0.166 e. The lowest BCUT2D eigenvalue weighted by molar-refractivity contribution is 0.317. The van der Waals surface area contributed by atoms with Gasteiger partial charge in [0, 0.05) is 28.6 Å². The van der Waals surface area contributed by atoms with Crippen LogP contribution in [-0.2, 0) is 6.42 Å². The fourth-order valence-corrected chi connectivity index (χ4v) is 2.99. The van der Waals surface area contributed by atoms with Crippen molar-refractivity contribution >= 4 is 27.8 Å². The molecule has 1 heterocycles. The zero-order valence-corrected chi connectivity index (χ0v) is 16.0. The number of phenolic OH excluding ortho intramolecular Hbond substituents is 1. The summed E-state index contributed by atoms with van der Waals surface area (Å²) in [6.45, 7) is 2.36. The standard InChI is InChI=1S/C21H19BrN2O2/c1-2-26-20-13-18(22)12-17(21(20)25)14-24-19-5-3-15(4-6-19)11-16-7-9-23-10-8-16/h3-10,12-14,25H,2,11H2,1H3. The smallest absolute Gasteiger partial charge is 0.166 e. The highest BCUT2D eigenvalue weighted by Gasteiger charge is 2.08. The number of pyridine rings is 1. The number of phenols is 1. The summed E-state index contributed by atoms with van der Waals surface area (Å²) in [5.74, 6) is 0.532. The van der Waals surface area contributed by atoms with Gasteiger partial charge in [0.1, 0.15) is 0 Å². The maximum absolute atomic E-state index is 10.3. The molecule has 0 unspecified atom stereocenters. The highest BCUT2D eigenvalue weighted by molar-refractivity contribution is 9.10. The van der Waals surface area contributed by atoms with Crippen molar-refractivity contribution in [2.45, 2.75) is 13.3 Å². The van der Waals surface area contributed by atoms with Gasteiger partial charge < -0.3 is 9.84 Å². The van der Waals surface area contributed by atoms with Crippen LogP contribution in [-0.4, -0.2) is 22.9 Å². The van der Waals surface area contributed by atoms with Gasteiger partial charge in [-0.15, -0.1) is 0 Å². The van der Waals surface area contributed by atoms with Crippen LogP contribution >= 0.6 is 15.9 Å². The summed E-state index contributed by atoms with van der Waals surface area (Å²) in [4.78, 5) is 8.49. The Labute approximate surface area is 161 Å². The third-order valence-electron chi connectivity index (χ3n) is 3.82. The van der Waals surface area contributed by atoms with Crippen molar-refractivity contribution in [3.8, 4) is 11.5 Å². The van der Waals surface area contributed by atoms with Crippen LogP contribution in [0.1, 0.15) is 23.6 Å². The van der Waals surface area contributed by atoms with Crippen LogP contribution < -0.4 is 4.74 Å². The second-order valence-corrected chi connectivity index (χ2v) is 6.65. The highest BCUT2D eigenvalue weighted by Crippen LogP contribution is 2.33. The van der Waals surface area contributed by atoms with Gasteiger partial charge in [-0.1, -0.05) is 28.1 Å². The molecule has 26 heavy (non-hydrogen) atoms. The van der Waals surface area contributed by atoms with Gasteiger partial charge in [0.25, 0.3) is 0 Å². The van der Waals surface area contributed by atoms with Gasteiger partial charge in [-0.3, -0.25) is 9.98 Å². The number of ether oxygens (including phenoxy) is 1. The number of aromatic nitrogens is 1. The van der Waals surface area contributed by atoms with Crippen LogP contribution in [0.3, 0.4) is 0 Å². The van der Waals surface area contributed by atoms with Crippen LogP contribution in [0.4, 0.5) is 5.69 Å². The summed E-state index contributed by atoms with van der Waals surface area (Å²) in [6, 6.07) is 15.6. The molecular formula is C21H19BrN2O2. The van der Waals surface area contributed by atoms with E-state index in [0.717, 1.165) is 16.6 Å². The summed E-state index contributed by atoms with van der Waals surface area (Å²) in [5.41, 5.74) is 3.85. The number of halogens is 1. The van der Waals surface area contributed by atoms with E-state index >= 15 is 0 Å². The Kier molecular flexibility index (Phi) is 6.02. The summed E-state index contributed by atoms with van der Waals surface area (Å²) < 4.78 is 6.26.